The van der Waals surface area contributed by atoms with Crippen LogP contribution in [-0.2, 0) is 17.8 Å². The summed E-state index contributed by atoms with van der Waals surface area (Å²) in [5, 5.41) is 0. The van der Waals surface area contributed by atoms with E-state index in [-0.39, 0.29) is 5.92 Å². The number of ether oxygens (including phenoxy) is 1. The van der Waals surface area contributed by atoms with Crippen LogP contribution < -0.4 is 4.74 Å². The monoisotopic (exact) mass is 367 g/mol. The molecule has 0 spiro atoms. The zero-order chi connectivity index (χ0) is 18.6. The molecular formula is C22H29N3O2. The second-order valence-electron chi connectivity index (χ2n) is 7.87. The number of para-hydroxylation sites is 1. The number of imidazole rings is 1. The summed E-state index contributed by atoms with van der Waals surface area (Å²) in [4.78, 5) is 19.5. The fourth-order valence-corrected chi connectivity index (χ4v) is 4.36. The van der Waals surface area contributed by atoms with E-state index < -0.39 is 0 Å². The molecule has 0 saturated carbocycles. The lowest BCUT2D eigenvalue weighted by Crippen LogP contribution is -2.42. The highest BCUT2D eigenvalue weighted by atomic mass is 16.5. The number of likely N-dealkylation sites (tertiary alicyclic amines) is 1. The molecule has 144 valence electrons. The predicted molar refractivity (Wildman–Crippen MR) is 105 cm³/mol. The lowest BCUT2D eigenvalue weighted by Gasteiger charge is -2.34. The highest BCUT2D eigenvalue weighted by molar-refractivity contribution is 5.79. The molecule has 27 heavy (non-hydrogen) atoms. The van der Waals surface area contributed by atoms with Crippen LogP contribution in [-0.4, -0.2) is 40.1 Å². The molecule has 0 radical (unpaired) electrons. The number of carbonyl (C=O) groups is 1. The number of amides is 1. The van der Waals surface area contributed by atoms with Gasteiger partial charge < -0.3 is 14.2 Å². The number of hydrogen-bond donors (Lipinski definition) is 0. The van der Waals surface area contributed by atoms with Crippen molar-refractivity contribution >= 4 is 5.91 Å². The maximum Gasteiger partial charge on any atom is 0.226 e. The molecule has 5 nitrogen and oxygen atoms in total. The third kappa shape index (κ3) is 4.18. The first-order valence-corrected chi connectivity index (χ1v) is 10.2. The van der Waals surface area contributed by atoms with Crippen LogP contribution in [0.5, 0.6) is 5.75 Å². The van der Waals surface area contributed by atoms with Gasteiger partial charge in [-0.05, 0) is 56.6 Å². The molecule has 1 aromatic carbocycles. The fraction of sp³-hybridized carbons (Fsp3) is 0.545. The van der Waals surface area contributed by atoms with Gasteiger partial charge in [-0.1, -0.05) is 18.2 Å². The minimum absolute atomic E-state index is 0.0544. The van der Waals surface area contributed by atoms with E-state index in [0.29, 0.717) is 18.4 Å². The van der Waals surface area contributed by atoms with Gasteiger partial charge in [-0.25, -0.2) is 4.98 Å². The van der Waals surface area contributed by atoms with Crippen molar-refractivity contribution in [2.45, 2.75) is 45.6 Å². The Morgan fingerprint density at radius 1 is 1.22 bits per heavy atom. The van der Waals surface area contributed by atoms with E-state index in [1.807, 2.05) is 24.4 Å². The number of fused-ring (bicyclic) bond motifs is 1. The van der Waals surface area contributed by atoms with Crippen LogP contribution >= 0.6 is 0 Å². The van der Waals surface area contributed by atoms with Gasteiger partial charge in [-0.15, -0.1) is 0 Å². The summed E-state index contributed by atoms with van der Waals surface area (Å²) in [6.45, 7) is 5.50. The number of benzene rings is 1. The zero-order valence-corrected chi connectivity index (χ0v) is 16.1. The standard InChI is InChI=1S/C22H29N3O2/c1-17-23-10-14-24(17)11-6-18-7-12-25(13-8-18)22(26)20-9-15-27-21-5-3-2-4-19(21)16-20/h2-5,10,14,18,20H,6-9,11-13,15-16H2,1H3. The van der Waals surface area contributed by atoms with Crippen molar-refractivity contribution in [3.63, 3.8) is 0 Å². The SMILES string of the molecule is Cc1nccn1CCC1CCN(C(=O)C2CCOc3ccccc3C2)CC1. The van der Waals surface area contributed by atoms with Gasteiger partial charge in [-0.3, -0.25) is 4.79 Å². The van der Waals surface area contributed by atoms with Gasteiger partial charge in [0.1, 0.15) is 11.6 Å². The number of aromatic nitrogens is 2. The molecule has 1 saturated heterocycles. The van der Waals surface area contributed by atoms with Crippen molar-refractivity contribution in [3.8, 4) is 5.75 Å². The van der Waals surface area contributed by atoms with Crippen LogP contribution in [0, 0.1) is 18.8 Å². The molecule has 2 aromatic rings. The van der Waals surface area contributed by atoms with Crippen molar-refractivity contribution in [1.29, 1.82) is 0 Å². The fourth-order valence-electron chi connectivity index (χ4n) is 4.36. The normalized spacial score (nSPS) is 20.6. The third-order valence-corrected chi connectivity index (χ3v) is 6.14. The van der Waals surface area contributed by atoms with Gasteiger partial charge in [0.2, 0.25) is 5.91 Å². The Morgan fingerprint density at radius 2 is 2.04 bits per heavy atom. The number of piperidine rings is 1. The second-order valence-corrected chi connectivity index (χ2v) is 7.87. The maximum absolute atomic E-state index is 13.1. The minimum Gasteiger partial charge on any atom is -0.493 e. The quantitative estimate of drug-likeness (QED) is 0.831. The van der Waals surface area contributed by atoms with Gasteiger partial charge in [0, 0.05) is 37.9 Å². The van der Waals surface area contributed by atoms with Crippen LogP contribution in [0.2, 0.25) is 0 Å². The van der Waals surface area contributed by atoms with Gasteiger partial charge in [0.05, 0.1) is 6.61 Å². The van der Waals surface area contributed by atoms with Crippen molar-refractivity contribution in [2.24, 2.45) is 11.8 Å². The van der Waals surface area contributed by atoms with E-state index >= 15 is 0 Å². The van der Waals surface area contributed by atoms with Crippen LogP contribution in [0.1, 0.15) is 37.1 Å². The molecule has 1 fully saturated rings. The van der Waals surface area contributed by atoms with Crippen LogP contribution in [0.15, 0.2) is 36.7 Å². The molecule has 0 N–H and O–H groups in total. The van der Waals surface area contributed by atoms with Crippen molar-refractivity contribution in [3.05, 3.63) is 48.0 Å². The Kier molecular flexibility index (Phi) is 5.46. The topological polar surface area (TPSA) is 47.4 Å². The van der Waals surface area contributed by atoms with E-state index in [2.05, 4.69) is 33.6 Å². The minimum atomic E-state index is 0.0544. The summed E-state index contributed by atoms with van der Waals surface area (Å²) in [5.74, 6) is 3.10. The summed E-state index contributed by atoms with van der Waals surface area (Å²) >= 11 is 0. The number of hydrogen-bond acceptors (Lipinski definition) is 3. The van der Waals surface area contributed by atoms with Crippen LogP contribution in [0.25, 0.3) is 0 Å². The summed E-state index contributed by atoms with van der Waals surface area (Å²) in [6.07, 6.45) is 8.93. The van der Waals surface area contributed by atoms with Gasteiger partial charge in [-0.2, -0.15) is 0 Å². The first-order chi connectivity index (χ1) is 13.2. The average Bonchev–Trinajstić information content (AvgIpc) is 2.98. The summed E-state index contributed by atoms with van der Waals surface area (Å²) in [5.41, 5.74) is 1.17. The van der Waals surface area contributed by atoms with E-state index in [9.17, 15) is 4.79 Å². The molecule has 0 aliphatic carbocycles. The Hall–Kier alpha value is -2.30. The molecule has 1 atom stereocenters. The van der Waals surface area contributed by atoms with Crippen LogP contribution in [0.3, 0.4) is 0 Å². The third-order valence-electron chi connectivity index (χ3n) is 6.14. The second kappa shape index (κ2) is 8.15. The van der Waals surface area contributed by atoms with E-state index in [1.54, 1.807) is 0 Å². The smallest absolute Gasteiger partial charge is 0.226 e. The highest BCUT2D eigenvalue weighted by Gasteiger charge is 2.30. The first-order valence-electron chi connectivity index (χ1n) is 10.2. The number of nitrogens with zero attached hydrogens (tertiary/aromatic N) is 3. The Labute approximate surface area is 161 Å². The molecule has 1 aromatic heterocycles. The van der Waals surface area contributed by atoms with E-state index in [4.69, 9.17) is 4.74 Å². The Morgan fingerprint density at radius 3 is 2.81 bits per heavy atom. The molecule has 0 bridgehead atoms. The molecule has 2 aliphatic rings. The Bertz CT molecular complexity index is 777. The molecule has 4 rings (SSSR count). The highest BCUT2D eigenvalue weighted by Crippen LogP contribution is 2.29. The van der Waals surface area contributed by atoms with E-state index in [0.717, 1.165) is 56.9 Å². The van der Waals surface area contributed by atoms with Gasteiger partial charge >= 0.3 is 0 Å². The summed E-state index contributed by atoms with van der Waals surface area (Å²) < 4.78 is 8.05. The van der Waals surface area contributed by atoms with E-state index in [1.165, 1.54) is 12.0 Å². The number of carbonyl (C=O) groups excluding carboxylic acids is 1. The molecule has 1 amide bonds. The molecular weight excluding hydrogens is 338 g/mol. The number of aryl methyl sites for hydroxylation is 2. The average molecular weight is 367 g/mol. The molecule has 2 aliphatic heterocycles. The summed E-state index contributed by atoms with van der Waals surface area (Å²) in [6, 6.07) is 8.13. The van der Waals surface area contributed by atoms with Gasteiger partial charge in [0.15, 0.2) is 0 Å². The van der Waals surface area contributed by atoms with Crippen molar-refractivity contribution in [2.75, 3.05) is 19.7 Å². The molecule has 5 heteroatoms. The molecule has 3 heterocycles. The van der Waals surface area contributed by atoms with Crippen molar-refractivity contribution in [1.82, 2.24) is 14.5 Å². The largest absolute Gasteiger partial charge is 0.493 e. The first kappa shape index (κ1) is 18.1. The molecule has 1 unspecified atom stereocenters. The summed E-state index contributed by atoms with van der Waals surface area (Å²) in [7, 11) is 0. The van der Waals surface area contributed by atoms with Gasteiger partial charge in [0.25, 0.3) is 0 Å². The van der Waals surface area contributed by atoms with Crippen LogP contribution in [0.4, 0.5) is 0 Å². The predicted octanol–water partition coefficient (Wildman–Crippen LogP) is 3.46. The number of rotatable bonds is 4. The Balaban J connectivity index is 1.29. The maximum atomic E-state index is 13.1. The zero-order valence-electron chi connectivity index (χ0n) is 16.1. The lowest BCUT2D eigenvalue weighted by molar-refractivity contribution is -0.137. The van der Waals surface area contributed by atoms with Crippen molar-refractivity contribution < 1.29 is 9.53 Å². The lowest BCUT2D eigenvalue weighted by atomic mass is 9.91.